The van der Waals surface area contributed by atoms with Crippen molar-refractivity contribution in [2.24, 2.45) is 0 Å². The van der Waals surface area contributed by atoms with Crippen LogP contribution in [0.4, 0.5) is 0 Å². The van der Waals surface area contributed by atoms with Gasteiger partial charge < -0.3 is 0 Å². The van der Waals surface area contributed by atoms with Crippen molar-refractivity contribution < 1.29 is 4.79 Å². The van der Waals surface area contributed by atoms with Crippen LogP contribution in [0.15, 0.2) is 24.3 Å². The Hall–Kier alpha value is -0.530. The van der Waals surface area contributed by atoms with Crippen LogP contribution < -0.4 is 0 Å². The molecule has 88 valence electrons. The average molecular weight is 259 g/mol. The molecule has 1 aromatic carbocycles. The SMILES string of the molecule is CCCc1ccc(C(=O)C(Cl)CCCl)cc1. The van der Waals surface area contributed by atoms with Crippen LogP contribution >= 0.6 is 23.2 Å². The lowest BCUT2D eigenvalue weighted by molar-refractivity contribution is 0.0986. The maximum atomic E-state index is 11.8. The van der Waals surface area contributed by atoms with Gasteiger partial charge in [-0.3, -0.25) is 4.79 Å². The van der Waals surface area contributed by atoms with Gasteiger partial charge in [0.1, 0.15) is 0 Å². The molecule has 0 saturated carbocycles. The summed E-state index contributed by atoms with van der Waals surface area (Å²) in [6.45, 7) is 2.13. The van der Waals surface area contributed by atoms with Crippen molar-refractivity contribution in [2.75, 3.05) is 5.88 Å². The predicted molar refractivity (Wildman–Crippen MR) is 69.7 cm³/mol. The first kappa shape index (κ1) is 13.5. The maximum Gasteiger partial charge on any atom is 0.180 e. The Morgan fingerprint density at radius 2 is 1.94 bits per heavy atom. The summed E-state index contributed by atoms with van der Waals surface area (Å²) in [5.74, 6) is 0.374. The molecule has 0 fully saturated rings. The van der Waals surface area contributed by atoms with Crippen molar-refractivity contribution in [3.63, 3.8) is 0 Å². The standard InChI is InChI=1S/C13H16Cl2O/c1-2-3-10-4-6-11(7-5-10)13(16)12(15)8-9-14/h4-7,12H,2-3,8-9H2,1H3. The second kappa shape index (κ2) is 6.93. The number of carbonyl (C=O) groups excluding carboxylic acids is 1. The molecule has 1 rings (SSSR count). The highest BCUT2D eigenvalue weighted by molar-refractivity contribution is 6.34. The van der Waals surface area contributed by atoms with Gasteiger partial charge in [-0.15, -0.1) is 23.2 Å². The number of hydrogen-bond donors (Lipinski definition) is 0. The molecule has 0 spiro atoms. The Balaban J connectivity index is 2.69. The summed E-state index contributed by atoms with van der Waals surface area (Å²) in [5.41, 5.74) is 1.92. The summed E-state index contributed by atoms with van der Waals surface area (Å²) >= 11 is 11.5. The quantitative estimate of drug-likeness (QED) is 0.556. The van der Waals surface area contributed by atoms with Gasteiger partial charge in [0, 0.05) is 11.4 Å². The summed E-state index contributed by atoms with van der Waals surface area (Å²) in [7, 11) is 0. The van der Waals surface area contributed by atoms with Crippen LogP contribution in [-0.4, -0.2) is 17.0 Å². The number of ketones is 1. The zero-order chi connectivity index (χ0) is 12.0. The summed E-state index contributed by atoms with van der Waals surface area (Å²) in [6.07, 6.45) is 2.66. The minimum absolute atomic E-state index is 0.0367. The normalized spacial score (nSPS) is 12.4. The molecule has 1 unspecified atom stereocenters. The van der Waals surface area contributed by atoms with E-state index >= 15 is 0 Å². The van der Waals surface area contributed by atoms with E-state index in [2.05, 4.69) is 6.92 Å². The van der Waals surface area contributed by atoms with Crippen LogP contribution in [0.1, 0.15) is 35.7 Å². The van der Waals surface area contributed by atoms with Gasteiger partial charge in [-0.25, -0.2) is 0 Å². The third kappa shape index (κ3) is 3.80. The molecule has 0 radical (unpaired) electrons. The van der Waals surface area contributed by atoms with Crippen LogP contribution in [0.2, 0.25) is 0 Å². The fourth-order valence-corrected chi connectivity index (χ4v) is 2.10. The Bertz CT molecular complexity index is 332. The number of aryl methyl sites for hydroxylation is 1. The molecule has 1 atom stereocenters. The summed E-state index contributed by atoms with van der Waals surface area (Å²) < 4.78 is 0. The highest BCUT2D eigenvalue weighted by Gasteiger charge is 2.16. The number of benzene rings is 1. The van der Waals surface area contributed by atoms with E-state index < -0.39 is 5.38 Å². The molecule has 0 aliphatic heterocycles. The Morgan fingerprint density at radius 1 is 1.31 bits per heavy atom. The molecule has 0 bridgehead atoms. The third-order valence-corrected chi connectivity index (χ3v) is 3.06. The fourth-order valence-electron chi connectivity index (χ4n) is 1.53. The molecule has 0 N–H and O–H groups in total. The van der Waals surface area contributed by atoms with E-state index in [-0.39, 0.29) is 5.78 Å². The Morgan fingerprint density at radius 3 is 2.44 bits per heavy atom. The van der Waals surface area contributed by atoms with Gasteiger partial charge in [-0.1, -0.05) is 37.6 Å². The van der Waals surface area contributed by atoms with Crippen molar-refractivity contribution in [3.8, 4) is 0 Å². The number of halogens is 2. The van der Waals surface area contributed by atoms with Crippen LogP contribution in [0.3, 0.4) is 0 Å². The van der Waals surface area contributed by atoms with Crippen LogP contribution in [0, 0.1) is 0 Å². The maximum absolute atomic E-state index is 11.8. The van der Waals surface area contributed by atoms with Crippen molar-refractivity contribution in [1.29, 1.82) is 0 Å². The largest absolute Gasteiger partial charge is 0.293 e. The highest BCUT2D eigenvalue weighted by atomic mass is 35.5. The molecular formula is C13H16Cl2O. The monoisotopic (exact) mass is 258 g/mol. The van der Waals surface area contributed by atoms with Crippen molar-refractivity contribution in [3.05, 3.63) is 35.4 Å². The number of rotatable bonds is 6. The predicted octanol–water partition coefficient (Wildman–Crippen LogP) is 4.06. The van der Waals surface area contributed by atoms with E-state index in [0.29, 0.717) is 17.9 Å². The van der Waals surface area contributed by atoms with Gasteiger partial charge in [0.05, 0.1) is 5.38 Å². The smallest absolute Gasteiger partial charge is 0.180 e. The van der Waals surface area contributed by atoms with E-state index in [9.17, 15) is 4.79 Å². The Kier molecular flexibility index (Phi) is 5.86. The molecule has 0 heterocycles. The van der Waals surface area contributed by atoms with E-state index in [1.165, 1.54) is 5.56 Å². The molecule has 0 aromatic heterocycles. The average Bonchev–Trinajstić information content (AvgIpc) is 2.30. The zero-order valence-corrected chi connectivity index (χ0v) is 10.9. The van der Waals surface area contributed by atoms with Gasteiger partial charge in [0.2, 0.25) is 0 Å². The minimum Gasteiger partial charge on any atom is -0.293 e. The first-order valence-electron chi connectivity index (χ1n) is 5.52. The van der Waals surface area contributed by atoms with Gasteiger partial charge in [0.15, 0.2) is 5.78 Å². The molecular weight excluding hydrogens is 243 g/mol. The first-order chi connectivity index (χ1) is 7.69. The number of alkyl halides is 2. The van der Waals surface area contributed by atoms with Crippen molar-refractivity contribution in [1.82, 2.24) is 0 Å². The number of hydrogen-bond acceptors (Lipinski definition) is 1. The number of Topliss-reactive ketones (excluding diaryl/α,β-unsaturated/α-hetero) is 1. The van der Waals surface area contributed by atoms with Crippen LogP contribution in [0.25, 0.3) is 0 Å². The lowest BCUT2D eigenvalue weighted by atomic mass is 10.0. The van der Waals surface area contributed by atoms with Gasteiger partial charge in [-0.05, 0) is 18.4 Å². The number of carbonyl (C=O) groups is 1. The molecule has 16 heavy (non-hydrogen) atoms. The highest BCUT2D eigenvalue weighted by Crippen LogP contribution is 2.14. The topological polar surface area (TPSA) is 17.1 Å². The first-order valence-corrected chi connectivity index (χ1v) is 6.49. The van der Waals surface area contributed by atoms with Crippen LogP contribution in [-0.2, 0) is 6.42 Å². The second-order valence-electron chi connectivity index (χ2n) is 3.76. The van der Waals surface area contributed by atoms with E-state index in [1.807, 2.05) is 24.3 Å². The summed E-state index contributed by atoms with van der Waals surface area (Å²) in [4.78, 5) is 11.8. The van der Waals surface area contributed by atoms with Crippen molar-refractivity contribution in [2.45, 2.75) is 31.6 Å². The van der Waals surface area contributed by atoms with E-state index in [4.69, 9.17) is 23.2 Å². The molecule has 1 aromatic rings. The summed E-state index contributed by atoms with van der Waals surface area (Å²) in [5, 5.41) is -0.505. The molecule has 0 saturated heterocycles. The third-order valence-electron chi connectivity index (χ3n) is 2.42. The summed E-state index contributed by atoms with van der Waals surface area (Å²) in [6, 6.07) is 7.66. The molecule has 1 nitrogen and oxygen atoms in total. The lowest BCUT2D eigenvalue weighted by Gasteiger charge is -2.07. The van der Waals surface area contributed by atoms with Gasteiger partial charge in [0.25, 0.3) is 0 Å². The fraction of sp³-hybridized carbons (Fsp3) is 0.462. The van der Waals surface area contributed by atoms with Gasteiger partial charge in [-0.2, -0.15) is 0 Å². The molecule has 0 aliphatic carbocycles. The van der Waals surface area contributed by atoms with Crippen LogP contribution in [0.5, 0.6) is 0 Å². The zero-order valence-electron chi connectivity index (χ0n) is 9.38. The second-order valence-corrected chi connectivity index (χ2v) is 4.66. The lowest BCUT2D eigenvalue weighted by Crippen LogP contribution is -2.15. The minimum atomic E-state index is -0.505. The Labute approximate surface area is 107 Å². The van der Waals surface area contributed by atoms with E-state index in [0.717, 1.165) is 12.8 Å². The molecule has 0 amide bonds. The van der Waals surface area contributed by atoms with E-state index in [1.54, 1.807) is 0 Å². The molecule has 3 heteroatoms. The molecule has 0 aliphatic rings. The van der Waals surface area contributed by atoms with Crippen molar-refractivity contribution >= 4 is 29.0 Å². The van der Waals surface area contributed by atoms with Gasteiger partial charge >= 0.3 is 0 Å².